The molecule has 0 fully saturated rings. The molecule has 0 amide bonds. The van der Waals surface area contributed by atoms with Crippen LogP contribution in [0.15, 0.2) is 72.8 Å². The van der Waals surface area contributed by atoms with Gasteiger partial charge < -0.3 is 0 Å². The number of nitriles is 1. The highest BCUT2D eigenvalue weighted by atomic mass is 14.2. The van der Waals surface area contributed by atoms with E-state index in [9.17, 15) is 0 Å². The maximum Gasteiger partial charge on any atom is 0.100 e. The SMILES string of the molecule is Cc1ccc(C#Cc2ccccc2C#Cc2ccccc2C#N)cc1. The summed E-state index contributed by atoms with van der Waals surface area (Å²) in [6.07, 6.45) is 0. The summed E-state index contributed by atoms with van der Waals surface area (Å²) in [7, 11) is 0. The Bertz CT molecular complexity index is 1060. The largest absolute Gasteiger partial charge is 0.192 e. The highest BCUT2D eigenvalue weighted by Crippen LogP contribution is 2.09. The molecule has 0 saturated heterocycles. The fraction of sp³-hybridized carbons (Fsp3) is 0.0417. The molecular formula is C24H15N. The van der Waals surface area contributed by atoms with Gasteiger partial charge in [0.05, 0.1) is 5.56 Å². The first-order valence-electron chi connectivity index (χ1n) is 7.95. The Morgan fingerprint density at radius 1 is 0.560 bits per heavy atom. The fourth-order valence-corrected chi connectivity index (χ4v) is 2.30. The van der Waals surface area contributed by atoms with Gasteiger partial charge in [-0.2, -0.15) is 5.26 Å². The molecule has 3 aromatic carbocycles. The lowest BCUT2D eigenvalue weighted by atomic mass is 10.1. The van der Waals surface area contributed by atoms with Crippen molar-refractivity contribution in [2.75, 3.05) is 0 Å². The van der Waals surface area contributed by atoms with Gasteiger partial charge in [-0.05, 0) is 43.3 Å². The molecule has 25 heavy (non-hydrogen) atoms. The Morgan fingerprint density at radius 2 is 1.00 bits per heavy atom. The quantitative estimate of drug-likeness (QED) is 0.553. The smallest absolute Gasteiger partial charge is 0.100 e. The number of aryl methyl sites for hydroxylation is 1. The highest BCUT2D eigenvalue weighted by Gasteiger charge is 1.98. The van der Waals surface area contributed by atoms with E-state index in [1.165, 1.54) is 5.56 Å². The molecule has 3 rings (SSSR count). The minimum atomic E-state index is 0.582. The highest BCUT2D eigenvalue weighted by molar-refractivity contribution is 5.56. The Balaban J connectivity index is 1.95. The van der Waals surface area contributed by atoms with Crippen molar-refractivity contribution in [1.82, 2.24) is 0 Å². The van der Waals surface area contributed by atoms with Crippen LogP contribution in [-0.4, -0.2) is 0 Å². The van der Waals surface area contributed by atoms with Gasteiger partial charge >= 0.3 is 0 Å². The van der Waals surface area contributed by atoms with Crippen molar-refractivity contribution in [2.45, 2.75) is 6.92 Å². The summed E-state index contributed by atoms with van der Waals surface area (Å²) in [5, 5.41) is 9.16. The second-order valence-corrected chi connectivity index (χ2v) is 5.57. The summed E-state index contributed by atoms with van der Waals surface area (Å²) >= 11 is 0. The average Bonchev–Trinajstić information content (AvgIpc) is 2.67. The van der Waals surface area contributed by atoms with Crippen LogP contribution in [0.25, 0.3) is 0 Å². The summed E-state index contributed by atoms with van der Waals surface area (Å²) in [5.74, 6) is 12.6. The summed E-state index contributed by atoms with van der Waals surface area (Å²) in [6, 6.07) is 25.4. The maximum atomic E-state index is 9.16. The van der Waals surface area contributed by atoms with Crippen LogP contribution in [0.2, 0.25) is 0 Å². The van der Waals surface area contributed by atoms with E-state index >= 15 is 0 Å². The zero-order valence-electron chi connectivity index (χ0n) is 13.9. The minimum Gasteiger partial charge on any atom is -0.192 e. The molecule has 0 spiro atoms. The number of benzene rings is 3. The molecule has 1 heteroatoms. The fourth-order valence-electron chi connectivity index (χ4n) is 2.30. The van der Waals surface area contributed by atoms with E-state index in [2.05, 4.69) is 48.8 Å². The minimum absolute atomic E-state index is 0.582. The standard InChI is InChI=1S/C24H15N/c1-19-10-12-20(13-11-19)14-15-21-6-2-3-7-22(21)16-17-23-8-4-5-9-24(23)18-25/h2-13H,1H3. The number of rotatable bonds is 0. The van der Waals surface area contributed by atoms with Gasteiger partial charge in [0.25, 0.3) is 0 Å². The Kier molecular flexibility index (Phi) is 4.97. The maximum absolute atomic E-state index is 9.16. The molecule has 0 aliphatic heterocycles. The third kappa shape index (κ3) is 4.17. The topological polar surface area (TPSA) is 23.8 Å². The normalized spacial score (nSPS) is 9.12. The monoisotopic (exact) mass is 317 g/mol. The van der Waals surface area contributed by atoms with E-state index in [1.807, 2.05) is 54.6 Å². The predicted octanol–water partition coefficient (Wildman–Crippen LogP) is 4.67. The van der Waals surface area contributed by atoms with Gasteiger partial charge in [-0.3, -0.25) is 0 Å². The molecule has 0 aliphatic rings. The van der Waals surface area contributed by atoms with E-state index in [-0.39, 0.29) is 0 Å². The van der Waals surface area contributed by atoms with E-state index in [4.69, 9.17) is 5.26 Å². The van der Waals surface area contributed by atoms with Gasteiger partial charge in [-0.1, -0.05) is 65.6 Å². The van der Waals surface area contributed by atoms with Crippen molar-refractivity contribution in [3.05, 3.63) is 106 Å². The lowest BCUT2D eigenvalue weighted by Gasteiger charge is -1.97. The summed E-state index contributed by atoms with van der Waals surface area (Å²) in [5.41, 5.74) is 5.24. The van der Waals surface area contributed by atoms with Crippen LogP contribution in [0.4, 0.5) is 0 Å². The lowest BCUT2D eigenvalue weighted by Crippen LogP contribution is -1.85. The zero-order chi connectivity index (χ0) is 17.5. The molecule has 0 atom stereocenters. The average molecular weight is 317 g/mol. The molecule has 1 nitrogen and oxygen atoms in total. The first-order chi connectivity index (χ1) is 12.3. The molecular weight excluding hydrogens is 302 g/mol. The second kappa shape index (κ2) is 7.70. The van der Waals surface area contributed by atoms with Gasteiger partial charge in [-0.15, -0.1) is 0 Å². The van der Waals surface area contributed by atoms with Crippen LogP contribution < -0.4 is 0 Å². The second-order valence-electron chi connectivity index (χ2n) is 5.57. The van der Waals surface area contributed by atoms with Crippen LogP contribution in [0.1, 0.15) is 33.4 Å². The third-order valence-electron chi connectivity index (χ3n) is 3.70. The Hall–Kier alpha value is -3.73. The number of hydrogen-bond donors (Lipinski definition) is 0. The van der Waals surface area contributed by atoms with Crippen LogP contribution >= 0.6 is 0 Å². The predicted molar refractivity (Wildman–Crippen MR) is 101 cm³/mol. The molecule has 0 saturated carbocycles. The van der Waals surface area contributed by atoms with Crippen LogP contribution in [-0.2, 0) is 0 Å². The van der Waals surface area contributed by atoms with E-state index in [1.54, 1.807) is 6.07 Å². The van der Waals surface area contributed by atoms with Gasteiger partial charge in [0, 0.05) is 22.3 Å². The van der Waals surface area contributed by atoms with Gasteiger partial charge in [0.15, 0.2) is 0 Å². The first kappa shape index (κ1) is 16.1. The summed E-state index contributed by atoms with van der Waals surface area (Å²) in [4.78, 5) is 0. The van der Waals surface area contributed by atoms with Gasteiger partial charge in [0.2, 0.25) is 0 Å². The van der Waals surface area contributed by atoms with E-state index < -0.39 is 0 Å². The van der Waals surface area contributed by atoms with Crippen molar-refractivity contribution in [2.24, 2.45) is 0 Å². The van der Waals surface area contributed by atoms with Crippen molar-refractivity contribution in [3.8, 4) is 29.8 Å². The van der Waals surface area contributed by atoms with Crippen LogP contribution in [0.5, 0.6) is 0 Å². The van der Waals surface area contributed by atoms with Crippen LogP contribution in [0, 0.1) is 41.9 Å². The molecule has 3 aromatic rings. The van der Waals surface area contributed by atoms with E-state index in [0.29, 0.717) is 5.56 Å². The molecule has 0 radical (unpaired) electrons. The van der Waals surface area contributed by atoms with Crippen molar-refractivity contribution in [1.29, 1.82) is 5.26 Å². The molecule has 0 unspecified atom stereocenters. The van der Waals surface area contributed by atoms with Crippen molar-refractivity contribution < 1.29 is 0 Å². The van der Waals surface area contributed by atoms with Crippen molar-refractivity contribution >= 4 is 0 Å². The summed E-state index contributed by atoms with van der Waals surface area (Å²) < 4.78 is 0. The molecule has 0 aliphatic carbocycles. The molecule has 116 valence electrons. The molecule has 0 N–H and O–H groups in total. The lowest BCUT2D eigenvalue weighted by molar-refractivity contribution is 1.46. The summed E-state index contributed by atoms with van der Waals surface area (Å²) in [6.45, 7) is 2.06. The van der Waals surface area contributed by atoms with E-state index in [0.717, 1.165) is 22.3 Å². The molecule has 0 heterocycles. The molecule has 0 aromatic heterocycles. The van der Waals surface area contributed by atoms with Crippen LogP contribution in [0.3, 0.4) is 0 Å². The number of nitrogens with zero attached hydrogens (tertiary/aromatic N) is 1. The molecule has 0 bridgehead atoms. The first-order valence-corrected chi connectivity index (χ1v) is 7.95. The van der Waals surface area contributed by atoms with Crippen molar-refractivity contribution in [3.63, 3.8) is 0 Å². The number of hydrogen-bond acceptors (Lipinski definition) is 1. The van der Waals surface area contributed by atoms with Gasteiger partial charge in [-0.25, -0.2) is 0 Å². The Labute approximate surface area is 148 Å². The zero-order valence-corrected chi connectivity index (χ0v) is 13.9. The Morgan fingerprint density at radius 3 is 1.52 bits per heavy atom. The van der Waals surface area contributed by atoms with Gasteiger partial charge in [0.1, 0.15) is 6.07 Å². The third-order valence-corrected chi connectivity index (χ3v) is 3.70.